The Morgan fingerprint density at radius 1 is 1.00 bits per heavy atom. The molecule has 0 saturated heterocycles. The van der Waals surface area contributed by atoms with Gasteiger partial charge in [0.15, 0.2) is 0 Å². The third-order valence-electron chi connectivity index (χ3n) is 0. The van der Waals surface area contributed by atoms with E-state index in [1.165, 1.54) is 0 Å². The van der Waals surface area contributed by atoms with Gasteiger partial charge in [0.1, 0.15) is 0 Å². The molecule has 0 aromatic carbocycles. The molecule has 0 saturated carbocycles. The van der Waals surface area contributed by atoms with Crippen molar-refractivity contribution < 1.29 is 48.3 Å². The van der Waals surface area contributed by atoms with Crippen molar-refractivity contribution in [2.45, 2.75) is 0 Å². The summed E-state index contributed by atoms with van der Waals surface area (Å²) < 4.78 is 21.9. The zero-order valence-electron chi connectivity index (χ0n) is 2.01. The van der Waals surface area contributed by atoms with Crippen molar-refractivity contribution >= 4 is 0 Å². The van der Waals surface area contributed by atoms with Gasteiger partial charge in [-0.25, -0.2) is 0 Å². The zero-order valence-corrected chi connectivity index (χ0v) is 5.29. The SMILES string of the molecule is [OH][Rh]([OH])[OH].[Rh]. The Labute approximate surface area is 48.5 Å². The standard InChI is InChI=1S/3H2O.2Rh/h3*1H2;;/q;;;;+3/p-3. The Bertz CT molecular complexity index is 9.61. The summed E-state index contributed by atoms with van der Waals surface area (Å²) in [5, 5.41) is 0. The first-order chi connectivity index (χ1) is 1.73. The molecule has 3 nitrogen and oxygen atoms in total. The summed E-state index contributed by atoms with van der Waals surface area (Å²) in [4.78, 5) is 0. The molecule has 0 atom stereocenters. The van der Waals surface area contributed by atoms with Gasteiger partial charge in [0.05, 0.1) is 0 Å². The van der Waals surface area contributed by atoms with E-state index in [9.17, 15) is 0 Å². The third kappa shape index (κ3) is 39.5. The predicted octanol–water partition coefficient (Wildman–Crippen LogP) is -1.68. The van der Waals surface area contributed by atoms with Crippen molar-refractivity contribution in [2.75, 3.05) is 0 Å². The number of hydrogen-bond acceptors (Lipinski definition) is 3. The quantitative estimate of drug-likeness (QED) is 0.454. The summed E-state index contributed by atoms with van der Waals surface area (Å²) in [6, 6.07) is 0. The minimum absolute atomic E-state index is 0. The van der Waals surface area contributed by atoms with E-state index in [-0.39, 0.29) is 19.5 Å². The van der Waals surface area contributed by atoms with E-state index in [4.69, 9.17) is 11.8 Å². The van der Waals surface area contributed by atoms with Crippen LogP contribution in [0.1, 0.15) is 0 Å². The molecule has 0 spiro atoms. The van der Waals surface area contributed by atoms with Gasteiger partial charge >= 0.3 is 28.8 Å². The van der Waals surface area contributed by atoms with E-state index < -0.39 is 17.0 Å². The van der Waals surface area contributed by atoms with Crippen LogP contribution in [0.25, 0.3) is 0 Å². The summed E-state index contributed by atoms with van der Waals surface area (Å²) in [5.74, 6) is 0. The summed E-state index contributed by atoms with van der Waals surface area (Å²) in [5.41, 5.74) is 0. The maximum absolute atomic E-state index is 7.30. The van der Waals surface area contributed by atoms with Crippen LogP contribution in [0.3, 0.4) is 0 Å². The van der Waals surface area contributed by atoms with E-state index >= 15 is 0 Å². The molecular formula is H3O3Rh2. The van der Waals surface area contributed by atoms with Crippen LogP contribution in [-0.2, 0) is 36.5 Å². The second-order valence-electron chi connectivity index (χ2n) is 0.200. The summed E-state index contributed by atoms with van der Waals surface area (Å²) in [7, 11) is 0. The van der Waals surface area contributed by atoms with E-state index in [0.717, 1.165) is 0 Å². The van der Waals surface area contributed by atoms with Crippen LogP contribution in [0.4, 0.5) is 0 Å². The molecule has 0 amide bonds. The maximum Gasteiger partial charge on any atom is 0 e. The third-order valence-corrected chi connectivity index (χ3v) is 0. The minimum atomic E-state index is -3.08. The van der Waals surface area contributed by atoms with Gasteiger partial charge in [-0.05, 0) is 0 Å². The molecular weight excluding hydrogens is 254 g/mol. The Hall–Kier alpha value is 1.13. The summed E-state index contributed by atoms with van der Waals surface area (Å²) in [6.45, 7) is 0. The van der Waals surface area contributed by atoms with Gasteiger partial charge in [0, 0.05) is 19.5 Å². The molecule has 1 radical (unpaired) electrons. The van der Waals surface area contributed by atoms with Gasteiger partial charge in [-0.3, -0.25) is 0 Å². The van der Waals surface area contributed by atoms with Gasteiger partial charge in [0.25, 0.3) is 0 Å². The minimum Gasteiger partial charge on any atom is 0 e. The van der Waals surface area contributed by atoms with Crippen LogP contribution in [0.15, 0.2) is 0 Å². The van der Waals surface area contributed by atoms with Crippen LogP contribution in [-0.4, -0.2) is 11.8 Å². The smallest absolute Gasteiger partial charge is 0 e. The summed E-state index contributed by atoms with van der Waals surface area (Å²) >= 11 is -3.08. The number of hydrogen-bond donors (Lipinski definition) is 3. The van der Waals surface area contributed by atoms with Gasteiger partial charge < -0.3 is 0 Å². The average molecular weight is 257 g/mol. The molecule has 0 aromatic heterocycles. The van der Waals surface area contributed by atoms with E-state index in [1.54, 1.807) is 0 Å². The van der Waals surface area contributed by atoms with E-state index in [1.807, 2.05) is 0 Å². The monoisotopic (exact) mass is 257 g/mol. The van der Waals surface area contributed by atoms with Crippen LogP contribution < -0.4 is 0 Å². The Kier molecular flexibility index (Phi) is 9.70. The Morgan fingerprint density at radius 3 is 1.00 bits per heavy atom. The van der Waals surface area contributed by atoms with Crippen molar-refractivity contribution in [1.29, 1.82) is 0 Å². The summed E-state index contributed by atoms with van der Waals surface area (Å²) in [6.07, 6.45) is 0. The molecule has 5 heteroatoms. The van der Waals surface area contributed by atoms with Crippen molar-refractivity contribution in [2.24, 2.45) is 0 Å². The fraction of sp³-hybridized carbons (Fsp3) is 0. The van der Waals surface area contributed by atoms with Gasteiger partial charge in [-0.2, -0.15) is 0 Å². The normalized spacial score (nSPS) is 9.00. The van der Waals surface area contributed by atoms with Gasteiger partial charge in [-0.1, -0.05) is 0 Å². The first-order valence-electron chi connectivity index (χ1n) is 0.447. The molecule has 0 aromatic rings. The van der Waals surface area contributed by atoms with Crippen molar-refractivity contribution in [3.05, 3.63) is 0 Å². The number of rotatable bonds is 0. The molecule has 0 heterocycles. The van der Waals surface area contributed by atoms with Gasteiger partial charge in [-0.15, -0.1) is 0 Å². The fourth-order valence-corrected chi connectivity index (χ4v) is 0. The van der Waals surface area contributed by atoms with E-state index in [0.29, 0.717) is 0 Å². The van der Waals surface area contributed by atoms with Crippen molar-refractivity contribution in [1.82, 2.24) is 0 Å². The fourth-order valence-electron chi connectivity index (χ4n) is 0. The average Bonchev–Trinajstić information content (AvgIpc) is 0.811. The molecule has 0 rings (SSSR count). The topological polar surface area (TPSA) is 60.7 Å². The second-order valence-corrected chi connectivity index (χ2v) is 1.18. The Morgan fingerprint density at radius 2 is 1.00 bits per heavy atom. The van der Waals surface area contributed by atoms with Crippen LogP contribution in [0.2, 0.25) is 0 Å². The van der Waals surface area contributed by atoms with Crippen molar-refractivity contribution in [3.8, 4) is 0 Å². The molecule has 0 aliphatic carbocycles. The zero-order chi connectivity index (χ0) is 3.58. The van der Waals surface area contributed by atoms with Crippen LogP contribution in [0.5, 0.6) is 0 Å². The molecule has 39 valence electrons. The van der Waals surface area contributed by atoms with Crippen LogP contribution >= 0.6 is 0 Å². The molecule has 0 bridgehead atoms. The van der Waals surface area contributed by atoms with E-state index in [2.05, 4.69) is 0 Å². The molecule has 3 N–H and O–H groups in total. The predicted molar refractivity (Wildman–Crippen MR) is 6.66 cm³/mol. The largest absolute Gasteiger partial charge is 0 e. The maximum atomic E-state index is 7.30. The molecule has 5 heavy (non-hydrogen) atoms. The van der Waals surface area contributed by atoms with Gasteiger partial charge in [0.2, 0.25) is 0 Å². The Balaban J connectivity index is 0. The first-order valence-corrected chi connectivity index (χ1v) is 2.65. The van der Waals surface area contributed by atoms with Crippen LogP contribution in [0, 0.1) is 0 Å². The molecule has 0 fully saturated rings. The molecule has 0 aliphatic rings. The van der Waals surface area contributed by atoms with Crippen molar-refractivity contribution in [3.63, 3.8) is 0 Å². The second kappa shape index (κ2) is 5.13. The molecule has 0 unspecified atom stereocenters. The molecule has 0 aliphatic heterocycles. The first kappa shape index (κ1) is 9.46.